The SMILES string of the molecule is CC1CC(CN)CN1C(=O)c1ccccc1NC(=O)c1ccsc1. The van der Waals surface area contributed by atoms with Gasteiger partial charge >= 0.3 is 0 Å². The van der Waals surface area contributed by atoms with Gasteiger partial charge in [-0.3, -0.25) is 9.59 Å². The third-order valence-electron chi connectivity index (χ3n) is 4.44. The molecule has 2 atom stereocenters. The molecule has 1 saturated heterocycles. The molecule has 3 N–H and O–H groups in total. The molecule has 6 heteroatoms. The first kappa shape index (κ1) is 16.7. The molecule has 1 fully saturated rings. The molecule has 3 rings (SSSR count). The largest absolute Gasteiger partial charge is 0.336 e. The average Bonchev–Trinajstić information content (AvgIpc) is 3.24. The van der Waals surface area contributed by atoms with Crippen molar-refractivity contribution in [3.8, 4) is 0 Å². The minimum Gasteiger partial charge on any atom is -0.336 e. The van der Waals surface area contributed by atoms with Crippen molar-refractivity contribution in [2.24, 2.45) is 11.7 Å². The summed E-state index contributed by atoms with van der Waals surface area (Å²) in [5, 5.41) is 6.49. The highest BCUT2D eigenvalue weighted by Gasteiger charge is 2.33. The molecule has 0 spiro atoms. The zero-order valence-electron chi connectivity index (χ0n) is 13.6. The van der Waals surface area contributed by atoms with Crippen LogP contribution in [-0.4, -0.2) is 35.8 Å². The van der Waals surface area contributed by atoms with Gasteiger partial charge in [-0.05, 0) is 49.4 Å². The number of hydrogen-bond donors (Lipinski definition) is 2. The number of rotatable bonds is 4. The third kappa shape index (κ3) is 3.34. The van der Waals surface area contributed by atoms with Crippen LogP contribution in [0.4, 0.5) is 5.69 Å². The van der Waals surface area contributed by atoms with Crippen LogP contribution in [0.3, 0.4) is 0 Å². The Morgan fingerprint density at radius 1 is 1.33 bits per heavy atom. The average molecular weight is 343 g/mol. The number of nitrogens with zero attached hydrogens (tertiary/aromatic N) is 1. The zero-order chi connectivity index (χ0) is 17.1. The molecular weight excluding hydrogens is 322 g/mol. The lowest BCUT2D eigenvalue weighted by atomic mass is 10.1. The Kier molecular flexibility index (Phi) is 4.97. The number of amides is 2. The van der Waals surface area contributed by atoms with Crippen LogP contribution in [0, 0.1) is 5.92 Å². The van der Waals surface area contributed by atoms with Gasteiger partial charge in [0.25, 0.3) is 11.8 Å². The minimum atomic E-state index is -0.203. The summed E-state index contributed by atoms with van der Waals surface area (Å²) in [6.07, 6.45) is 0.922. The molecule has 2 amide bonds. The summed E-state index contributed by atoms with van der Waals surface area (Å²) in [4.78, 5) is 27.1. The number of likely N-dealkylation sites (tertiary alicyclic amines) is 1. The molecule has 5 nitrogen and oxygen atoms in total. The van der Waals surface area contributed by atoms with Gasteiger partial charge in [-0.25, -0.2) is 0 Å². The number of carbonyl (C=O) groups excluding carboxylic acids is 2. The summed E-state index contributed by atoms with van der Waals surface area (Å²) in [5.41, 5.74) is 7.41. The molecule has 2 heterocycles. The fourth-order valence-electron chi connectivity index (χ4n) is 3.12. The van der Waals surface area contributed by atoms with Crippen LogP contribution >= 0.6 is 11.3 Å². The summed E-state index contributed by atoms with van der Waals surface area (Å²) >= 11 is 1.46. The highest BCUT2D eigenvalue weighted by atomic mass is 32.1. The van der Waals surface area contributed by atoms with E-state index in [2.05, 4.69) is 5.32 Å². The Morgan fingerprint density at radius 3 is 2.79 bits per heavy atom. The van der Waals surface area contributed by atoms with Gasteiger partial charge in [0.2, 0.25) is 0 Å². The summed E-state index contributed by atoms with van der Waals surface area (Å²) in [7, 11) is 0. The summed E-state index contributed by atoms with van der Waals surface area (Å²) in [6.45, 7) is 3.30. The monoisotopic (exact) mass is 343 g/mol. The molecule has 1 aromatic heterocycles. The van der Waals surface area contributed by atoms with Crippen LogP contribution < -0.4 is 11.1 Å². The van der Waals surface area contributed by atoms with Crippen LogP contribution in [-0.2, 0) is 0 Å². The molecule has 1 aromatic carbocycles. The lowest BCUT2D eigenvalue weighted by Gasteiger charge is -2.23. The Balaban J connectivity index is 1.81. The Labute approximate surface area is 145 Å². The van der Waals surface area contributed by atoms with Crippen LogP contribution in [0.5, 0.6) is 0 Å². The Bertz CT molecular complexity index is 730. The molecule has 0 bridgehead atoms. The van der Waals surface area contributed by atoms with Gasteiger partial charge in [0.1, 0.15) is 0 Å². The predicted octanol–water partition coefficient (Wildman–Crippen LogP) is 2.81. The Morgan fingerprint density at radius 2 is 2.12 bits per heavy atom. The van der Waals surface area contributed by atoms with E-state index in [0.717, 1.165) is 6.42 Å². The molecule has 2 unspecified atom stereocenters. The van der Waals surface area contributed by atoms with Gasteiger partial charge in [-0.1, -0.05) is 12.1 Å². The van der Waals surface area contributed by atoms with Crippen LogP contribution in [0.25, 0.3) is 0 Å². The minimum absolute atomic E-state index is 0.0559. The number of nitrogens with one attached hydrogen (secondary N) is 1. The fraction of sp³-hybridized carbons (Fsp3) is 0.333. The number of para-hydroxylation sites is 1. The molecule has 126 valence electrons. The second kappa shape index (κ2) is 7.15. The second-order valence-corrected chi connectivity index (χ2v) is 6.94. The van der Waals surface area contributed by atoms with Crippen molar-refractivity contribution in [1.29, 1.82) is 0 Å². The van der Waals surface area contributed by atoms with Crippen molar-refractivity contribution >= 4 is 28.8 Å². The van der Waals surface area contributed by atoms with Gasteiger partial charge in [-0.15, -0.1) is 0 Å². The maximum atomic E-state index is 12.9. The van der Waals surface area contributed by atoms with Gasteiger partial charge < -0.3 is 16.0 Å². The smallest absolute Gasteiger partial charge is 0.256 e. The number of thiophene rings is 1. The van der Waals surface area contributed by atoms with E-state index in [-0.39, 0.29) is 17.9 Å². The predicted molar refractivity (Wildman–Crippen MR) is 96.4 cm³/mol. The lowest BCUT2D eigenvalue weighted by Crippen LogP contribution is -2.35. The molecule has 0 radical (unpaired) electrons. The van der Waals surface area contributed by atoms with Crippen molar-refractivity contribution in [2.75, 3.05) is 18.4 Å². The van der Waals surface area contributed by atoms with Gasteiger partial charge in [0.15, 0.2) is 0 Å². The van der Waals surface area contributed by atoms with E-state index >= 15 is 0 Å². The highest BCUT2D eigenvalue weighted by Crippen LogP contribution is 2.27. The number of benzene rings is 1. The van der Waals surface area contributed by atoms with Gasteiger partial charge in [0.05, 0.1) is 16.8 Å². The van der Waals surface area contributed by atoms with E-state index in [1.807, 2.05) is 29.3 Å². The topological polar surface area (TPSA) is 75.4 Å². The normalized spacial score (nSPS) is 20.2. The summed E-state index contributed by atoms with van der Waals surface area (Å²) in [6, 6.07) is 9.07. The van der Waals surface area contributed by atoms with E-state index in [1.54, 1.807) is 23.6 Å². The number of carbonyl (C=O) groups is 2. The fourth-order valence-corrected chi connectivity index (χ4v) is 3.75. The number of anilines is 1. The van der Waals surface area contributed by atoms with Gasteiger partial charge in [0, 0.05) is 18.0 Å². The van der Waals surface area contributed by atoms with E-state index in [0.29, 0.717) is 35.8 Å². The summed E-state index contributed by atoms with van der Waals surface area (Å²) < 4.78 is 0. The molecule has 1 aliphatic heterocycles. The van der Waals surface area contributed by atoms with Crippen LogP contribution in [0.1, 0.15) is 34.1 Å². The first-order valence-corrected chi connectivity index (χ1v) is 8.98. The maximum Gasteiger partial charge on any atom is 0.256 e. The molecule has 2 aromatic rings. The van der Waals surface area contributed by atoms with Gasteiger partial charge in [-0.2, -0.15) is 11.3 Å². The molecule has 24 heavy (non-hydrogen) atoms. The maximum absolute atomic E-state index is 12.9. The van der Waals surface area contributed by atoms with E-state index in [1.165, 1.54) is 11.3 Å². The van der Waals surface area contributed by atoms with E-state index < -0.39 is 0 Å². The first-order chi connectivity index (χ1) is 11.6. The van der Waals surface area contributed by atoms with Crippen LogP contribution in [0.15, 0.2) is 41.1 Å². The van der Waals surface area contributed by atoms with Crippen molar-refractivity contribution in [2.45, 2.75) is 19.4 Å². The highest BCUT2D eigenvalue weighted by molar-refractivity contribution is 7.08. The van der Waals surface area contributed by atoms with Crippen molar-refractivity contribution in [1.82, 2.24) is 4.90 Å². The second-order valence-electron chi connectivity index (χ2n) is 6.16. The summed E-state index contributed by atoms with van der Waals surface area (Å²) in [5.74, 6) is 0.0852. The van der Waals surface area contributed by atoms with E-state index in [4.69, 9.17) is 5.73 Å². The van der Waals surface area contributed by atoms with Crippen molar-refractivity contribution in [3.05, 3.63) is 52.2 Å². The first-order valence-electron chi connectivity index (χ1n) is 8.03. The standard InChI is InChI=1S/C18H21N3O2S/c1-12-8-13(9-19)10-21(12)18(23)15-4-2-3-5-16(15)20-17(22)14-6-7-24-11-14/h2-7,11-13H,8-10,19H2,1H3,(H,20,22). The molecule has 0 aliphatic carbocycles. The number of nitrogens with two attached hydrogens (primary N) is 1. The van der Waals surface area contributed by atoms with E-state index in [9.17, 15) is 9.59 Å². The van der Waals surface area contributed by atoms with Crippen molar-refractivity contribution < 1.29 is 9.59 Å². The third-order valence-corrected chi connectivity index (χ3v) is 5.13. The number of hydrogen-bond acceptors (Lipinski definition) is 4. The molecular formula is C18H21N3O2S. The lowest BCUT2D eigenvalue weighted by molar-refractivity contribution is 0.0744. The molecule has 1 aliphatic rings. The quantitative estimate of drug-likeness (QED) is 0.896. The zero-order valence-corrected chi connectivity index (χ0v) is 14.4. The Hall–Kier alpha value is -2.18. The molecule has 0 saturated carbocycles. The van der Waals surface area contributed by atoms with Crippen LogP contribution in [0.2, 0.25) is 0 Å². The van der Waals surface area contributed by atoms with Crippen molar-refractivity contribution in [3.63, 3.8) is 0 Å².